The second-order valence-electron chi connectivity index (χ2n) is 4.22. The Balaban J connectivity index is 2.68. The van der Waals surface area contributed by atoms with Gasteiger partial charge in [0.25, 0.3) is 0 Å². The Labute approximate surface area is 106 Å². The molecule has 0 aliphatic heterocycles. The Morgan fingerprint density at radius 3 is 2.44 bits per heavy atom. The lowest BCUT2D eigenvalue weighted by atomic mass is 9.87. The van der Waals surface area contributed by atoms with Gasteiger partial charge in [-0.1, -0.05) is 49.0 Å². The van der Waals surface area contributed by atoms with E-state index in [-0.39, 0.29) is 11.6 Å². The number of ketones is 2. The maximum atomic E-state index is 11.9. The van der Waals surface area contributed by atoms with Crippen LogP contribution in [0.4, 0.5) is 0 Å². The largest absolute Gasteiger partial charge is 0.299 e. The van der Waals surface area contributed by atoms with Gasteiger partial charge < -0.3 is 0 Å². The number of rotatable bonds is 4. The molecule has 0 fully saturated rings. The summed E-state index contributed by atoms with van der Waals surface area (Å²) in [5.41, 5.74) is 0.755. The molecule has 0 saturated carbocycles. The molecule has 2 nitrogen and oxygen atoms in total. The molecule has 90 valence electrons. The van der Waals surface area contributed by atoms with Crippen LogP contribution in [-0.4, -0.2) is 11.6 Å². The third kappa shape index (κ3) is 2.09. The van der Waals surface area contributed by atoms with E-state index in [0.717, 1.165) is 16.3 Å². The van der Waals surface area contributed by atoms with E-state index in [1.807, 2.05) is 42.5 Å². The number of Topliss-reactive ketones (excluding diaryl/α,β-unsaturated/α-hetero) is 1. The van der Waals surface area contributed by atoms with Gasteiger partial charge in [0, 0.05) is 0 Å². The van der Waals surface area contributed by atoms with Crippen molar-refractivity contribution in [3.63, 3.8) is 0 Å². The number of allylic oxidation sites excluding steroid dienone is 1. The number of carbonyl (C=O) groups excluding carboxylic acids is 2. The summed E-state index contributed by atoms with van der Waals surface area (Å²) >= 11 is 0. The zero-order chi connectivity index (χ0) is 13.1. The molecule has 0 saturated heterocycles. The van der Waals surface area contributed by atoms with E-state index in [0.29, 0.717) is 0 Å². The van der Waals surface area contributed by atoms with Gasteiger partial charge in [0.2, 0.25) is 0 Å². The van der Waals surface area contributed by atoms with Crippen LogP contribution in [0, 0.1) is 0 Å². The van der Waals surface area contributed by atoms with E-state index >= 15 is 0 Å². The van der Waals surface area contributed by atoms with Crippen molar-refractivity contribution in [2.75, 3.05) is 0 Å². The van der Waals surface area contributed by atoms with Crippen LogP contribution in [0.3, 0.4) is 0 Å². The highest BCUT2D eigenvalue weighted by molar-refractivity contribution is 6.13. The second-order valence-corrected chi connectivity index (χ2v) is 4.22. The lowest BCUT2D eigenvalue weighted by Crippen LogP contribution is -2.18. The van der Waals surface area contributed by atoms with E-state index in [1.54, 1.807) is 0 Å². The fourth-order valence-corrected chi connectivity index (χ4v) is 2.19. The standard InChI is InChI=1S/C16H14O2/c1-3-15(18)16(11(2)17)14-10-6-8-12-7-4-5-9-13(12)14/h3-10,16H,1H2,2H3. The third-order valence-electron chi connectivity index (χ3n) is 3.03. The van der Waals surface area contributed by atoms with Crippen LogP contribution < -0.4 is 0 Å². The van der Waals surface area contributed by atoms with E-state index in [9.17, 15) is 9.59 Å². The Bertz CT molecular complexity index is 621. The minimum atomic E-state index is -0.742. The second kappa shape index (κ2) is 4.96. The molecule has 2 aromatic carbocycles. The van der Waals surface area contributed by atoms with E-state index in [1.165, 1.54) is 13.0 Å². The Hall–Kier alpha value is -2.22. The first kappa shape index (κ1) is 12.2. The Morgan fingerprint density at radius 2 is 1.78 bits per heavy atom. The molecule has 2 aromatic rings. The van der Waals surface area contributed by atoms with Crippen molar-refractivity contribution >= 4 is 22.3 Å². The van der Waals surface area contributed by atoms with Crippen molar-refractivity contribution in [3.8, 4) is 0 Å². The molecule has 0 heterocycles. The van der Waals surface area contributed by atoms with Crippen molar-refractivity contribution in [1.29, 1.82) is 0 Å². The van der Waals surface area contributed by atoms with Gasteiger partial charge in [-0.2, -0.15) is 0 Å². The summed E-state index contributed by atoms with van der Waals surface area (Å²) in [6.07, 6.45) is 1.22. The number of fused-ring (bicyclic) bond motifs is 1. The lowest BCUT2D eigenvalue weighted by molar-refractivity contribution is -0.125. The first-order chi connectivity index (χ1) is 8.65. The van der Waals surface area contributed by atoms with Gasteiger partial charge in [-0.3, -0.25) is 9.59 Å². The third-order valence-corrected chi connectivity index (χ3v) is 3.03. The van der Waals surface area contributed by atoms with Gasteiger partial charge in [-0.05, 0) is 29.3 Å². The smallest absolute Gasteiger partial charge is 0.169 e. The summed E-state index contributed by atoms with van der Waals surface area (Å²) in [6, 6.07) is 13.4. The first-order valence-corrected chi connectivity index (χ1v) is 5.79. The fourth-order valence-electron chi connectivity index (χ4n) is 2.19. The molecule has 0 radical (unpaired) electrons. The highest BCUT2D eigenvalue weighted by Gasteiger charge is 2.24. The van der Waals surface area contributed by atoms with Crippen molar-refractivity contribution < 1.29 is 9.59 Å². The van der Waals surface area contributed by atoms with Crippen molar-refractivity contribution in [2.24, 2.45) is 0 Å². The molecule has 0 bridgehead atoms. The van der Waals surface area contributed by atoms with E-state index in [2.05, 4.69) is 6.58 Å². The average Bonchev–Trinajstić information content (AvgIpc) is 2.38. The summed E-state index contributed by atoms with van der Waals surface area (Å²) in [5, 5.41) is 1.97. The van der Waals surface area contributed by atoms with Crippen molar-refractivity contribution in [3.05, 3.63) is 60.7 Å². The predicted octanol–water partition coefficient (Wildman–Crippen LogP) is 3.27. The highest BCUT2D eigenvalue weighted by Crippen LogP contribution is 2.27. The Kier molecular flexibility index (Phi) is 3.38. The zero-order valence-corrected chi connectivity index (χ0v) is 10.2. The van der Waals surface area contributed by atoms with Crippen LogP contribution in [0.25, 0.3) is 10.8 Å². The molecule has 0 spiro atoms. The van der Waals surface area contributed by atoms with Crippen LogP contribution in [0.5, 0.6) is 0 Å². The molecule has 0 aromatic heterocycles. The van der Waals surface area contributed by atoms with Crippen LogP contribution in [-0.2, 0) is 9.59 Å². The normalized spacial score (nSPS) is 12.1. The quantitative estimate of drug-likeness (QED) is 0.605. The highest BCUT2D eigenvalue weighted by atomic mass is 16.1. The lowest BCUT2D eigenvalue weighted by Gasteiger charge is -2.13. The van der Waals surface area contributed by atoms with Crippen LogP contribution in [0.15, 0.2) is 55.1 Å². The number of hydrogen-bond donors (Lipinski definition) is 0. The van der Waals surface area contributed by atoms with Gasteiger partial charge in [0.1, 0.15) is 11.7 Å². The molecular formula is C16H14O2. The van der Waals surface area contributed by atoms with Gasteiger partial charge in [0.15, 0.2) is 5.78 Å². The summed E-state index contributed by atoms with van der Waals surface area (Å²) in [7, 11) is 0. The van der Waals surface area contributed by atoms with Gasteiger partial charge >= 0.3 is 0 Å². The van der Waals surface area contributed by atoms with Gasteiger partial charge in [-0.25, -0.2) is 0 Å². The van der Waals surface area contributed by atoms with E-state index < -0.39 is 5.92 Å². The summed E-state index contributed by atoms with van der Waals surface area (Å²) < 4.78 is 0. The molecule has 0 aliphatic carbocycles. The van der Waals surface area contributed by atoms with Crippen LogP contribution in [0.1, 0.15) is 18.4 Å². The van der Waals surface area contributed by atoms with Gasteiger partial charge in [0.05, 0.1) is 0 Å². The fraction of sp³-hybridized carbons (Fsp3) is 0.125. The van der Waals surface area contributed by atoms with Crippen LogP contribution >= 0.6 is 0 Å². The zero-order valence-electron chi connectivity index (χ0n) is 10.2. The SMILES string of the molecule is C=CC(=O)C(C(C)=O)c1cccc2ccccc12. The topological polar surface area (TPSA) is 34.1 Å². The molecular weight excluding hydrogens is 224 g/mol. The molecule has 2 heteroatoms. The molecule has 0 aliphatic rings. The molecule has 1 atom stereocenters. The summed E-state index contributed by atoms with van der Waals surface area (Å²) in [6.45, 7) is 4.91. The monoisotopic (exact) mass is 238 g/mol. The number of benzene rings is 2. The molecule has 1 unspecified atom stereocenters. The molecule has 2 rings (SSSR count). The number of hydrogen-bond acceptors (Lipinski definition) is 2. The van der Waals surface area contributed by atoms with Crippen molar-refractivity contribution in [2.45, 2.75) is 12.8 Å². The summed E-state index contributed by atoms with van der Waals surface area (Å²) in [5.74, 6) is -1.15. The predicted molar refractivity (Wildman–Crippen MR) is 72.6 cm³/mol. The summed E-state index contributed by atoms with van der Waals surface area (Å²) in [4.78, 5) is 23.6. The van der Waals surface area contributed by atoms with Gasteiger partial charge in [-0.15, -0.1) is 0 Å². The van der Waals surface area contributed by atoms with Crippen LogP contribution in [0.2, 0.25) is 0 Å². The van der Waals surface area contributed by atoms with E-state index in [4.69, 9.17) is 0 Å². The first-order valence-electron chi connectivity index (χ1n) is 5.79. The molecule has 0 N–H and O–H groups in total. The minimum absolute atomic E-state index is 0.156. The maximum Gasteiger partial charge on any atom is 0.169 e. The minimum Gasteiger partial charge on any atom is -0.299 e. The van der Waals surface area contributed by atoms with Crippen molar-refractivity contribution in [1.82, 2.24) is 0 Å². The molecule has 0 amide bonds. The molecule has 18 heavy (non-hydrogen) atoms. The number of carbonyl (C=O) groups is 2. The Morgan fingerprint density at radius 1 is 1.11 bits per heavy atom. The maximum absolute atomic E-state index is 11.9. The average molecular weight is 238 g/mol.